The fraction of sp³-hybridized carbons (Fsp3) is 0.609. The zero-order valence-electron chi connectivity index (χ0n) is 19.5. The van der Waals surface area contributed by atoms with Crippen molar-refractivity contribution in [3.05, 3.63) is 41.5 Å². The van der Waals surface area contributed by atoms with Crippen LogP contribution in [-0.4, -0.2) is 63.9 Å². The van der Waals surface area contributed by atoms with Crippen molar-refractivity contribution in [2.75, 3.05) is 20.2 Å². The van der Waals surface area contributed by atoms with E-state index >= 15 is 0 Å². The molecule has 2 atom stereocenters. The first kappa shape index (κ1) is 24.8. The third-order valence-corrected chi connectivity index (χ3v) is 6.41. The zero-order valence-corrected chi connectivity index (χ0v) is 21.9. The maximum Gasteiger partial charge on any atom is 0.191 e. The minimum absolute atomic E-state index is 0. The van der Waals surface area contributed by atoms with Crippen LogP contribution in [0.1, 0.15) is 43.4 Å². The van der Waals surface area contributed by atoms with Gasteiger partial charge in [-0.05, 0) is 57.2 Å². The number of likely N-dealkylation sites (tertiary alicyclic amines) is 1. The highest BCUT2D eigenvalue weighted by atomic mass is 127. The van der Waals surface area contributed by atoms with Crippen molar-refractivity contribution in [3.63, 3.8) is 0 Å². The Morgan fingerprint density at radius 1 is 1.22 bits per heavy atom. The van der Waals surface area contributed by atoms with Gasteiger partial charge in [0.15, 0.2) is 11.8 Å². The number of benzene rings is 1. The number of nitrogens with one attached hydrogen (secondary N) is 2. The third-order valence-electron chi connectivity index (χ3n) is 6.41. The van der Waals surface area contributed by atoms with E-state index in [4.69, 9.17) is 9.73 Å². The summed E-state index contributed by atoms with van der Waals surface area (Å²) in [7, 11) is 3.67. The van der Waals surface area contributed by atoms with E-state index in [1.807, 2.05) is 30.7 Å². The van der Waals surface area contributed by atoms with Crippen molar-refractivity contribution >= 4 is 29.9 Å². The van der Waals surface area contributed by atoms with E-state index in [2.05, 4.69) is 44.8 Å². The first-order valence-electron chi connectivity index (χ1n) is 11.3. The lowest BCUT2D eigenvalue weighted by Gasteiger charge is -2.20. The van der Waals surface area contributed by atoms with Crippen molar-refractivity contribution in [1.82, 2.24) is 30.3 Å². The summed E-state index contributed by atoms with van der Waals surface area (Å²) in [6.07, 6.45) is 4.77. The number of guanidine groups is 1. The molecule has 0 radical (unpaired) electrons. The number of aryl methyl sites for hydroxylation is 1. The van der Waals surface area contributed by atoms with E-state index < -0.39 is 0 Å². The van der Waals surface area contributed by atoms with Crippen molar-refractivity contribution in [2.24, 2.45) is 12.0 Å². The second-order valence-electron chi connectivity index (χ2n) is 8.77. The van der Waals surface area contributed by atoms with Gasteiger partial charge in [0.2, 0.25) is 0 Å². The van der Waals surface area contributed by atoms with E-state index in [1.54, 1.807) is 7.11 Å². The second-order valence-corrected chi connectivity index (χ2v) is 8.77. The molecular formula is C23H36IN7O. The molecule has 1 aromatic carbocycles. The van der Waals surface area contributed by atoms with Gasteiger partial charge >= 0.3 is 0 Å². The van der Waals surface area contributed by atoms with Gasteiger partial charge in [-0.15, -0.1) is 34.2 Å². The smallest absolute Gasteiger partial charge is 0.191 e. The number of hydrogen-bond acceptors (Lipinski definition) is 5. The normalized spacial score (nSPS) is 21.3. The summed E-state index contributed by atoms with van der Waals surface area (Å²) < 4.78 is 7.24. The number of hydrogen-bond donors (Lipinski definition) is 2. The SMILES string of the molecule is COc1ccc(CCNC(=NCc2nnc(C)n2C)NC2CC(C)N(C3CC3)C2)cc1.I. The van der Waals surface area contributed by atoms with E-state index in [0.717, 1.165) is 55.3 Å². The molecule has 1 aromatic heterocycles. The number of methoxy groups -OCH3 is 1. The molecule has 2 aliphatic rings. The average molecular weight is 553 g/mol. The van der Waals surface area contributed by atoms with Crippen LogP contribution < -0.4 is 15.4 Å². The monoisotopic (exact) mass is 553 g/mol. The van der Waals surface area contributed by atoms with Crippen molar-refractivity contribution in [3.8, 4) is 5.75 Å². The lowest BCUT2D eigenvalue weighted by molar-refractivity contribution is 0.256. The molecule has 1 aliphatic carbocycles. The number of rotatable bonds is 8. The van der Waals surface area contributed by atoms with Crippen molar-refractivity contribution in [2.45, 2.75) is 64.2 Å². The van der Waals surface area contributed by atoms with Crippen LogP contribution in [0.2, 0.25) is 0 Å². The van der Waals surface area contributed by atoms with E-state index in [-0.39, 0.29) is 24.0 Å². The molecule has 0 amide bonds. The Kier molecular flexibility index (Phi) is 8.75. The first-order chi connectivity index (χ1) is 15.0. The van der Waals surface area contributed by atoms with Crippen LogP contribution in [0, 0.1) is 6.92 Å². The second kappa shape index (κ2) is 11.3. The first-order valence-corrected chi connectivity index (χ1v) is 11.3. The van der Waals surface area contributed by atoms with Gasteiger partial charge in [0.25, 0.3) is 0 Å². The molecule has 9 heteroatoms. The molecule has 2 aromatic rings. The molecule has 0 spiro atoms. The molecule has 4 rings (SSSR count). The van der Waals surface area contributed by atoms with Crippen LogP contribution in [-0.2, 0) is 20.0 Å². The molecule has 2 fully saturated rings. The van der Waals surface area contributed by atoms with Gasteiger partial charge < -0.3 is 19.9 Å². The van der Waals surface area contributed by atoms with E-state index in [9.17, 15) is 0 Å². The number of halogens is 1. The van der Waals surface area contributed by atoms with E-state index in [0.29, 0.717) is 18.6 Å². The molecule has 1 saturated carbocycles. The van der Waals surface area contributed by atoms with Gasteiger partial charge in [0.05, 0.1) is 7.11 Å². The largest absolute Gasteiger partial charge is 0.497 e. The maximum atomic E-state index is 5.25. The molecular weight excluding hydrogens is 517 g/mol. The Bertz CT molecular complexity index is 894. The Morgan fingerprint density at radius 3 is 2.59 bits per heavy atom. The average Bonchev–Trinajstić information content (AvgIpc) is 3.48. The van der Waals surface area contributed by atoms with Gasteiger partial charge in [-0.3, -0.25) is 4.90 Å². The number of aromatic nitrogens is 3. The standard InChI is InChI=1S/C23H35N7O.HI/c1-16-13-19(15-30(16)20-7-8-20)26-23(25-14-22-28-27-17(2)29(22)3)24-12-11-18-5-9-21(31-4)10-6-18;/h5-6,9-10,16,19-20H,7-8,11-15H2,1-4H3,(H2,24,25,26);1H. The topological polar surface area (TPSA) is 79.6 Å². The summed E-state index contributed by atoms with van der Waals surface area (Å²) in [5.41, 5.74) is 1.27. The maximum absolute atomic E-state index is 5.25. The van der Waals surface area contributed by atoms with Crippen molar-refractivity contribution in [1.29, 1.82) is 0 Å². The molecule has 32 heavy (non-hydrogen) atoms. The highest BCUT2D eigenvalue weighted by Crippen LogP contribution is 2.33. The number of aliphatic imine (C=N–C) groups is 1. The number of nitrogens with zero attached hydrogens (tertiary/aromatic N) is 5. The van der Waals surface area contributed by atoms with Crippen molar-refractivity contribution < 1.29 is 4.74 Å². The molecule has 1 aliphatic heterocycles. The fourth-order valence-corrected chi connectivity index (χ4v) is 4.28. The highest BCUT2D eigenvalue weighted by molar-refractivity contribution is 14.0. The van der Waals surface area contributed by atoms with Gasteiger partial charge in [-0.2, -0.15) is 0 Å². The molecule has 2 unspecified atom stereocenters. The van der Waals surface area contributed by atoms with Gasteiger partial charge in [0.1, 0.15) is 18.1 Å². The minimum Gasteiger partial charge on any atom is -0.497 e. The Hall–Kier alpha value is -1.88. The quantitative estimate of drug-likeness (QED) is 0.298. The summed E-state index contributed by atoms with van der Waals surface area (Å²) in [4.78, 5) is 7.48. The Labute approximate surface area is 208 Å². The van der Waals surface area contributed by atoms with Gasteiger partial charge in [0, 0.05) is 38.3 Å². The molecule has 176 valence electrons. The molecule has 1 saturated heterocycles. The highest BCUT2D eigenvalue weighted by Gasteiger charge is 2.38. The summed E-state index contributed by atoms with van der Waals surface area (Å²) in [5, 5.41) is 15.6. The molecule has 2 N–H and O–H groups in total. The van der Waals surface area contributed by atoms with Gasteiger partial charge in [-0.1, -0.05) is 12.1 Å². The molecule has 0 bridgehead atoms. The van der Waals surface area contributed by atoms with Crippen LogP contribution in [0.25, 0.3) is 0 Å². The summed E-state index contributed by atoms with van der Waals surface area (Å²) in [6.45, 7) is 6.71. The van der Waals surface area contributed by atoms with E-state index in [1.165, 1.54) is 18.4 Å². The summed E-state index contributed by atoms with van der Waals surface area (Å²) in [6, 6.07) is 10.1. The Balaban J connectivity index is 0.00000289. The predicted octanol–water partition coefficient (Wildman–Crippen LogP) is 2.65. The zero-order chi connectivity index (χ0) is 21.8. The van der Waals surface area contributed by atoms with Crippen LogP contribution in [0.3, 0.4) is 0 Å². The number of ether oxygens (including phenoxy) is 1. The van der Waals surface area contributed by atoms with Crippen LogP contribution in [0.5, 0.6) is 5.75 Å². The lowest BCUT2D eigenvalue weighted by Crippen LogP contribution is -2.45. The van der Waals surface area contributed by atoms with Crippen LogP contribution in [0.15, 0.2) is 29.3 Å². The van der Waals surface area contributed by atoms with Crippen LogP contribution >= 0.6 is 24.0 Å². The fourth-order valence-electron chi connectivity index (χ4n) is 4.28. The van der Waals surface area contributed by atoms with Crippen LogP contribution in [0.4, 0.5) is 0 Å². The van der Waals surface area contributed by atoms with Gasteiger partial charge in [-0.25, -0.2) is 4.99 Å². The predicted molar refractivity (Wildman–Crippen MR) is 138 cm³/mol. The molecule has 2 heterocycles. The summed E-state index contributed by atoms with van der Waals surface area (Å²) in [5.74, 6) is 3.50. The third kappa shape index (κ3) is 6.34. The summed E-state index contributed by atoms with van der Waals surface area (Å²) >= 11 is 0. The molecule has 8 nitrogen and oxygen atoms in total. The Morgan fingerprint density at radius 2 is 1.97 bits per heavy atom. The minimum atomic E-state index is 0. The lowest BCUT2D eigenvalue weighted by atomic mass is 10.1.